The molecule has 2 N–H and O–H groups in total. The Balaban J connectivity index is 2.15. The number of benzene rings is 2. The number of carboxylic acids is 1. The van der Waals surface area contributed by atoms with E-state index in [1.807, 2.05) is 43.3 Å². The number of aromatic carboxylic acids is 1. The maximum atomic E-state index is 11.5. The highest BCUT2D eigenvalue weighted by molar-refractivity contribution is 7.99. The van der Waals surface area contributed by atoms with Gasteiger partial charge in [0.2, 0.25) is 0 Å². The van der Waals surface area contributed by atoms with E-state index in [2.05, 4.69) is 4.98 Å². The maximum absolute atomic E-state index is 11.5. The van der Waals surface area contributed by atoms with Crippen molar-refractivity contribution in [3.8, 4) is 0 Å². The summed E-state index contributed by atoms with van der Waals surface area (Å²) in [7, 11) is 0. The summed E-state index contributed by atoms with van der Waals surface area (Å²) in [6.45, 7) is 1.98. The summed E-state index contributed by atoms with van der Waals surface area (Å²) in [5, 5.41) is 10.9. The Bertz CT molecular complexity index is 841. The number of nitrogens with one attached hydrogen (secondary N) is 1. The number of hydrogen-bond donors (Lipinski definition) is 2. The molecule has 0 saturated heterocycles. The molecule has 3 nitrogen and oxygen atoms in total. The molecule has 106 valence electrons. The van der Waals surface area contributed by atoms with E-state index in [0.717, 1.165) is 21.4 Å². The van der Waals surface area contributed by atoms with E-state index < -0.39 is 5.97 Å². The Hall–Kier alpha value is -1.91. The van der Waals surface area contributed by atoms with Crippen molar-refractivity contribution in [3.05, 3.63) is 58.7 Å². The third-order valence-corrected chi connectivity index (χ3v) is 4.49. The molecule has 0 bridgehead atoms. The van der Waals surface area contributed by atoms with Crippen molar-refractivity contribution in [2.75, 3.05) is 0 Å². The molecule has 0 unspecified atom stereocenters. The van der Waals surface area contributed by atoms with Gasteiger partial charge in [-0.2, -0.15) is 0 Å². The Kier molecular flexibility index (Phi) is 3.66. The highest BCUT2D eigenvalue weighted by atomic mass is 35.5. The monoisotopic (exact) mass is 317 g/mol. The number of carboxylic acid groups (broad SMARTS) is 1. The number of aromatic nitrogens is 1. The molecule has 0 atom stereocenters. The van der Waals surface area contributed by atoms with Crippen LogP contribution in [0.1, 0.15) is 16.1 Å². The second-order valence-electron chi connectivity index (χ2n) is 4.74. The molecule has 0 aliphatic rings. The Morgan fingerprint density at radius 2 is 2.05 bits per heavy atom. The van der Waals surface area contributed by atoms with E-state index in [-0.39, 0.29) is 5.69 Å². The number of aromatic amines is 1. The number of aryl methyl sites for hydroxylation is 1. The van der Waals surface area contributed by atoms with Crippen LogP contribution in [0.25, 0.3) is 10.9 Å². The minimum absolute atomic E-state index is 0.209. The first-order valence-corrected chi connectivity index (χ1v) is 7.53. The molecule has 3 rings (SSSR count). The largest absolute Gasteiger partial charge is 0.477 e. The predicted molar refractivity (Wildman–Crippen MR) is 85.6 cm³/mol. The summed E-state index contributed by atoms with van der Waals surface area (Å²) in [6.07, 6.45) is 0. The van der Waals surface area contributed by atoms with E-state index in [1.165, 1.54) is 11.8 Å². The molecule has 0 spiro atoms. The van der Waals surface area contributed by atoms with E-state index >= 15 is 0 Å². The number of hydrogen-bond acceptors (Lipinski definition) is 2. The second kappa shape index (κ2) is 5.47. The number of H-pyrrole nitrogens is 1. The van der Waals surface area contributed by atoms with Crippen LogP contribution in [0.5, 0.6) is 0 Å². The first-order valence-electron chi connectivity index (χ1n) is 6.33. The molecule has 2 aromatic carbocycles. The van der Waals surface area contributed by atoms with Crippen LogP contribution >= 0.6 is 23.4 Å². The Morgan fingerprint density at radius 1 is 1.24 bits per heavy atom. The highest BCUT2D eigenvalue weighted by Gasteiger charge is 2.18. The normalized spacial score (nSPS) is 11.0. The average molecular weight is 318 g/mol. The number of fused-ring (bicyclic) bond motifs is 1. The van der Waals surface area contributed by atoms with E-state index in [0.29, 0.717) is 9.92 Å². The van der Waals surface area contributed by atoms with Crippen molar-refractivity contribution >= 4 is 40.2 Å². The van der Waals surface area contributed by atoms with Crippen LogP contribution in [0.3, 0.4) is 0 Å². The van der Waals surface area contributed by atoms with Crippen LogP contribution < -0.4 is 0 Å². The molecule has 21 heavy (non-hydrogen) atoms. The third kappa shape index (κ3) is 2.77. The van der Waals surface area contributed by atoms with Gasteiger partial charge in [-0.3, -0.25) is 0 Å². The summed E-state index contributed by atoms with van der Waals surface area (Å²) in [4.78, 5) is 16.1. The van der Waals surface area contributed by atoms with Crippen LogP contribution in [0.15, 0.2) is 52.3 Å². The molecule has 0 amide bonds. The topological polar surface area (TPSA) is 53.1 Å². The smallest absolute Gasteiger partial charge is 0.353 e. The Morgan fingerprint density at radius 3 is 2.76 bits per heavy atom. The van der Waals surface area contributed by atoms with Gasteiger partial charge in [-0.25, -0.2) is 4.79 Å². The SMILES string of the molecule is Cc1ccc2c(Sc3cccc(Cl)c3)c(C(=O)O)[nH]c2c1. The lowest BCUT2D eigenvalue weighted by atomic mass is 10.2. The fourth-order valence-corrected chi connectivity index (χ4v) is 3.54. The summed E-state index contributed by atoms with van der Waals surface area (Å²) in [5.41, 5.74) is 2.12. The van der Waals surface area contributed by atoms with Gasteiger partial charge >= 0.3 is 5.97 Å². The molecule has 0 radical (unpaired) electrons. The van der Waals surface area contributed by atoms with E-state index in [9.17, 15) is 9.90 Å². The quantitative estimate of drug-likeness (QED) is 0.716. The first-order chi connectivity index (χ1) is 10.0. The predicted octanol–water partition coefficient (Wildman–Crippen LogP) is 4.98. The van der Waals surface area contributed by atoms with Gasteiger partial charge in [0, 0.05) is 20.8 Å². The summed E-state index contributed by atoms with van der Waals surface area (Å²) < 4.78 is 0. The molecular weight excluding hydrogens is 306 g/mol. The van der Waals surface area contributed by atoms with Gasteiger partial charge in [0.15, 0.2) is 0 Å². The summed E-state index contributed by atoms with van der Waals surface area (Å²) in [6, 6.07) is 13.3. The molecule has 0 saturated carbocycles. The zero-order chi connectivity index (χ0) is 15.0. The lowest BCUT2D eigenvalue weighted by molar-refractivity contribution is 0.0688. The molecular formula is C16H12ClNO2S. The van der Waals surface area contributed by atoms with Crippen LogP contribution in [0, 0.1) is 6.92 Å². The van der Waals surface area contributed by atoms with Crippen molar-refractivity contribution in [1.29, 1.82) is 0 Å². The lowest BCUT2D eigenvalue weighted by Crippen LogP contribution is -1.97. The van der Waals surface area contributed by atoms with Gasteiger partial charge in [-0.15, -0.1) is 0 Å². The van der Waals surface area contributed by atoms with E-state index in [4.69, 9.17) is 11.6 Å². The van der Waals surface area contributed by atoms with E-state index in [1.54, 1.807) is 6.07 Å². The fraction of sp³-hybridized carbons (Fsp3) is 0.0625. The first kappa shape index (κ1) is 14.0. The molecule has 0 aliphatic carbocycles. The lowest BCUT2D eigenvalue weighted by Gasteiger charge is -2.03. The number of halogens is 1. The van der Waals surface area contributed by atoms with Crippen molar-refractivity contribution in [2.24, 2.45) is 0 Å². The molecule has 5 heteroatoms. The zero-order valence-electron chi connectivity index (χ0n) is 11.2. The van der Waals surface area contributed by atoms with Gasteiger partial charge in [0.05, 0.1) is 4.90 Å². The molecule has 1 heterocycles. The van der Waals surface area contributed by atoms with Crippen LogP contribution in [-0.2, 0) is 0 Å². The summed E-state index contributed by atoms with van der Waals surface area (Å²) >= 11 is 7.39. The van der Waals surface area contributed by atoms with Gasteiger partial charge < -0.3 is 10.1 Å². The van der Waals surface area contributed by atoms with Crippen LogP contribution in [-0.4, -0.2) is 16.1 Å². The molecule has 0 fully saturated rings. The second-order valence-corrected chi connectivity index (χ2v) is 6.26. The Labute approximate surface area is 130 Å². The summed E-state index contributed by atoms with van der Waals surface area (Å²) in [5.74, 6) is -0.964. The van der Waals surface area contributed by atoms with Crippen molar-refractivity contribution < 1.29 is 9.90 Å². The van der Waals surface area contributed by atoms with Crippen LogP contribution in [0.2, 0.25) is 5.02 Å². The molecule has 1 aromatic heterocycles. The van der Waals surface area contributed by atoms with Gasteiger partial charge in [-0.1, -0.05) is 41.6 Å². The van der Waals surface area contributed by atoms with Gasteiger partial charge in [-0.05, 0) is 36.8 Å². The maximum Gasteiger partial charge on any atom is 0.353 e. The third-order valence-electron chi connectivity index (χ3n) is 3.14. The van der Waals surface area contributed by atoms with Crippen LogP contribution in [0.4, 0.5) is 0 Å². The van der Waals surface area contributed by atoms with Crippen molar-refractivity contribution in [3.63, 3.8) is 0 Å². The zero-order valence-corrected chi connectivity index (χ0v) is 12.8. The number of rotatable bonds is 3. The standard InChI is InChI=1S/C16H12ClNO2S/c1-9-5-6-12-13(7-9)18-14(16(19)20)15(12)21-11-4-2-3-10(17)8-11/h2-8,18H,1H3,(H,19,20). The molecule has 3 aromatic rings. The number of carbonyl (C=O) groups is 1. The molecule has 0 aliphatic heterocycles. The fourth-order valence-electron chi connectivity index (χ4n) is 2.19. The van der Waals surface area contributed by atoms with Gasteiger partial charge in [0.25, 0.3) is 0 Å². The minimum Gasteiger partial charge on any atom is -0.477 e. The highest BCUT2D eigenvalue weighted by Crippen LogP contribution is 2.37. The van der Waals surface area contributed by atoms with Crippen molar-refractivity contribution in [2.45, 2.75) is 16.7 Å². The minimum atomic E-state index is -0.964. The average Bonchev–Trinajstić information content (AvgIpc) is 2.77. The van der Waals surface area contributed by atoms with Crippen molar-refractivity contribution in [1.82, 2.24) is 4.98 Å². The van der Waals surface area contributed by atoms with Gasteiger partial charge in [0.1, 0.15) is 5.69 Å².